The molecule has 9 heteroatoms. The number of ether oxygens (including phenoxy) is 1. The molecule has 0 fully saturated rings. The summed E-state index contributed by atoms with van der Waals surface area (Å²) in [6.45, 7) is 0. The molecule has 0 saturated carbocycles. The molecule has 0 unspecified atom stereocenters. The van der Waals surface area contributed by atoms with E-state index in [1.165, 1.54) is 18.3 Å². The first kappa shape index (κ1) is 17.4. The molecule has 2 aromatic heterocycles. The first-order valence-corrected chi connectivity index (χ1v) is 7.86. The van der Waals surface area contributed by atoms with Gasteiger partial charge in [0.05, 0.1) is 12.8 Å². The zero-order chi connectivity index (χ0) is 18.5. The lowest BCUT2D eigenvalue weighted by atomic mass is 10.1. The first-order valence-electron chi connectivity index (χ1n) is 7.49. The third kappa shape index (κ3) is 3.98. The molecule has 2 heterocycles. The molecule has 0 spiro atoms. The van der Waals surface area contributed by atoms with Crippen molar-refractivity contribution in [2.75, 3.05) is 7.11 Å². The van der Waals surface area contributed by atoms with Gasteiger partial charge in [-0.2, -0.15) is 5.10 Å². The van der Waals surface area contributed by atoms with E-state index in [2.05, 4.69) is 26.0 Å². The maximum Gasteiger partial charge on any atom is 0.287 e. The van der Waals surface area contributed by atoms with Crippen LogP contribution in [0.4, 0.5) is 0 Å². The third-order valence-electron chi connectivity index (χ3n) is 3.49. The molecule has 0 radical (unpaired) electrons. The quantitative estimate of drug-likeness (QED) is 0.481. The second-order valence-electron chi connectivity index (χ2n) is 5.17. The minimum absolute atomic E-state index is 0.182. The average molecular weight is 372 g/mol. The Hall–Kier alpha value is -3.39. The van der Waals surface area contributed by atoms with E-state index in [1.54, 1.807) is 25.3 Å². The molecule has 0 aliphatic heterocycles. The van der Waals surface area contributed by atoms with Crippen LogP contribution in [0, 0.1) is 0 Å². The van der Waals surface area contributed by atoms with Crippen molar-refractivity contribution in [1.29, 1.82) is 0 Å². The minimum atomic E-state index is -0.536. The number of halogens is 1. The molecular weight excluding hydrogens is 358 g/mol. The number of aromatic nitrogens is 3. The van der Waals surface area contributed by atoms with Crippen LogP contribution < -0.4 is 15.6 Å². The summed E-state index contributed by atoms with van der Waals surface area (Å²) in [6, 6.07) is 11.7. The van der Waals surface area contributed by atoms with Crippen molar-refractivity contribution in [2.45, 2.75) is 0 Å². The van der Waals surface area contributed by atoms with E-state index in [9.17, 15) is 9.59 Å². The van der Waals surface area contributed by atoms with Crippen molar-refractivity contribution in [1.82, 2.24) is 26.0 Å². The SMILES string of the molecule is COc1ccc(-c2cc(C(=O)NNC(=O)c3ccnc(Cl)c3)[nH]n2)cc1. The van der Waals surface area contributed by atoms with Gasteiger partial charge in [0.2, 0.25) is 0 Å². The smallest absolute Gasteiger partial charge is 0.287 e. The Kier molecular flexibility index (Phi) is 5.14. The molecule has 2 amide bonds. The van der Waals surface area contributed by atoms with Crippen molar-refractivity contribution >= 4 is 23.4 Å². The van der Waals surface area contributed by atoms with Gasteiger partial charge in [-0.15, -0.1) is 0 Å². The summed E-state index contributed by atoms with van der Waals surface area (Å²) in [4.78, 5) is 27.9. The predicted molar refractivity (Wildman–Crippen MR) is 94.8 cm³/mol. The summed E-state index contributed by atoms with van der Waals surface area (Å²) >= 11 is 5.73. The molecule has 132 valence electrons. The van der Waals surface area contributed by atoms with Gasteiger partial charge in [-0.3, -0.25) is 25.5 Å². The normalized spacial score (nSPS) is 10.2. The van der Waals surface area contributed by atoms with Crippen LogP contribution in [0.15, 0.2) is 48.7 Å². The van der Waals surface area contributed by atoms with Crippen molar-refractivity contribution in [3.05, 3.63) is 65.1 Å². The van der Waals surface area contributed by atoms with Gasteiger partial charge in [-0.05, 0) is 42.5 Å². The van der Waals surface area contributed by atoms with Crippen LogP contribution in [-0.4, -0.2) is 34.1 Å². The number of aromatic amines is 1. The summed E-state index contributed by atoms with van der Waals surface area (Å²) in [7, 11) is 1.58. The van der Waals surface area contributed by atoms with Crippen LogP contribution in [0.25, 0.3) is 11.3 Å². The van der Waals surface area contributed by atoms with Crippen LogP contribution in [0.2, 0.25) is 5.15 Å². The monoisotopic (exact) mass is 371 g/mol. The molecule has 0 atom stereocenters. The molecule has 0 saturated heterocycles. The Bertz CT molecular complexity index is 940. The van der Waals surface area contributed by atoms with Crippen molar-refractivity contribution in [3.63, 3.8) is 0 Å². The molecular formula is C17H14ClN5O3. The third-order valence-corrected chi connectivity index (χ3v) is 3.69. The largest absolute Gasteiger partial charge is 0.497 e. The Balaban J connectivity index is 1.63. The molecule has 3 aromatic rings. The van der Waals surface area contributed by atoms with Gasteiger partial charge in [0.25, 0.3) is 11.8 Å². The van der Waals surface area contributed by atoms with Gasteiger partial charge in [0.15, 0.2) is 0 Å². The number of pyridine rings is 1. The number of H-pyrrole nitrogens is 1. The van der Waals surface area contributed by atoms with E-state index in [0.29, 0.717) is 5.69 Å². The first-order chi connectivity index (χ1) is 12.6. The lowest BCUT2D eigenvalue weighted by Gasteiger charge is -2.06. The van der Waals surface area contributed by atoms with Crippen molar-refractivity contribution < 1.29 is 14.3 Å². The van der Waals surface area contributed by atoms with Crippen molar-refractivity contribution in [2.24, 2.45) is 0 Å². The zero-order valence-corrected chi connectivity index (χ0v) is 14.4. The molecule has 8 nitrogen and oxygen atoms in total. The summed E-state index contributed by atoms with van der Waals surface area (Å²) < 4.78 is 5.10. The zero-order valence-electron chi connectivity index (χ0n) is 13.6. The Labute approximate surface area is 153 Å². The van der Waals surface area contributed by atoms with Gasteiger partial charge < -0.3 is 4.74 Å². The molecule has 1 aromatic carbocycles. The molecule has 26 heavy (non-hydrogen) atoms. The molecule has 0 bridgehead atoms. The summed E-state index contributed by atoms with van der Waals surface area (Å²) in [6.07, 6.45) is 1.40. The van der Waals surface area contributed by atoms with E-state index in [-0.39, 0.29) is 16.4 Å². The van der Waals surface area contributed by atoms with Crippen LogP contribution in [-0.2, 0) is 0 Å². The number of carbonyl (C=O) groups excluding carboxylic acids is 2. The topological polar surface area (TPSA) is 109 Å². The van der Waals surface area contributed by atoms with Crippen molar-refractivity contribution in [3.8, 4) is 17.0 Å². The highest BCUT2D eigenvalue weighted by Gasteiger charge is 2.13. The number of amides is 2. The highest BCUT2D eigenvalue weighted by Crippen LogP contribution is 2.21. The molecule has 0 aliphatic carbocycles. The van der Waals surface area contributed by atoms with E-state index in [0.717, 1.165) is 11.3 Å². The Morgan fingerprint density at radius 1 is 1.08 bits per heavy atom. The number of rotatable bonds is 4. The van der Waals surface area contributed by atoms with E-state index in [1.807, 2.05) is 12.1 Å². The number of nitrogens with zero attached hydrogens (tertiary/aromatic N) is 2. The maximum absolute atomic E-state index is 12.1. The van der Waals surface area contributed by atoms with E-state index in [4.69, 9.17) is 16.3 Å². The van der Waals surface area contributed by atoms with Gasteiger partial charge in [-0.25, -0.2) is 4.98 Å². The van der Waals surface area contributed by atoms with Gasteiger partial charge in [-0.1, -0.05) is 11.6 Å². The number of benzene rings is 1. The minimum Gasteiger partial charge on any atom is -0.497 e. The lowest BCUT2D eigenvalue weighted by Crippen LogP contribution is -2.41. The standard InChI is InChI=1S/C17H14ClN5O3/c1-26-12-4-2-10(3-5-12)13-9-14(21-20-13)17(25)23-22-16(24)11-6-7-19-15(18)8-11/h2-9H,1H3,(H,20,21)(H,22,24)(H,23,25). The average Bonchev–Trinajstić information content (AvgIpc) is 3.16. The number of carbonyl (C=O) groups is 2. The van der Waals surface area contributed by atoms with E-state index < -0.39 is 11.8 Å². The highest BCUT2D eigenvalue weighted by atomic mass is 35.5. The highest BCUT2D eigenvalue weighted by molar-refractivity contribution is 6.29. The summed E-state index contributed by atoms with van der Waals surface area (Å²) in [5, 5.41) is 6.91. The molecule has 3 rings (SSSR count). The fraction of sp³-hybridized carbons (Fsp3) is 0.0588. The fourth-order valence-corrected chi connectivity index (χ4v) is 2.32. The predicted octanol–water partition coefficient (Wildman–Crippen LogP) is 2.21. The van der Waals surface area contributed by atoms with Crippen LogP contribution in [0.5, 0.6) is 5.75 Å². The number of nitrogens with one attached hydrogen (secondary N) is 3. The van der Waals surface area contributed by atoms with Gasteiger partial charge in [0, 0.05) is 17.3 Å². The van der Waals surface area contributed by atoms with Crippen LogP contribution in [0.1, 0.15) is 20.8 Å². The van der Waals surface area contributed by atoms with Crippen LogP contribution in [0.3, 0.4) is 0 Å². The number of hydrogen-bond donors (Lipinski definition) is 3. The second-order valence-corrected chi connectivity index (χ2v) is 5.56. The van der Waals surface area contributed by atoms with Gasteiger partial charge in [0.1, 0.15) is 16.6 Å². The Morgan fingerprint density at radius 2 is 1.81 bits per heavy atom. The number of hydrazine groups is 1. The molecule has 3 N–H and O–H groups in total. The lowest BCUT2D eigenvalue weighted by molar-refractivity contribution is 0.0844. The maximum atomic E-state index is 12.1. The van der Waals surface area contributed by atoms with Gasteiger partial charge >= 0.3 is 0 Å². The van der Waals surface area contributed by atoms with Crippen LogP contribution >= 0.6 is 11.6 Å². The number of hydrogen-bond acceptors (Lipinski definition) is 5. The Morgan fingerprint density at radius 3 is 2.50 bits per heavy atom. The fourth-order valence-electron chi connectivity index (χ4n) is 2.14. The molecule has 0 aliphatic rings. The number of methoxy groups -OCH3 is 1. The summed E-state index contributed by atoms with van der Waals surface area (Å²) in [5.74, 6) is -0.329. The summed E-state index contributed by atoms with van der Waals surface area (Å²) in [5.41, 5.74) is 6.48. The second kappa shape index (κ2) is 7.66. The van der Waals surface area contributed by atoms with E-state index >= 15 is 0 Å².